The van der Waals surface area contributed by atoms with E-state index in [2.05, 4.69) is 15.7 Å². The quantitative estimate of drug-likeness (QED) is 0.665. The minimum absolute atomic E-state index is 0.0646. The first-order valence-corrected chi connectivity index (χ1v) is 6.37. The number of carbonyl (C=O) groups excluding carboxylic acids is 2. The molecule has 0 saturated carbocycles. The highest BCUT2D eigenvalue weighted by molar-refractivity contribution is 5.99. The van der Waals surface area contributed by atoms with E-state index in [1.807, 2.05) is 13.8 Å². The van der Waals surface area contributed by atoms with E-state index in [1.54, 1.807) is 7.05 Å². The van der Waals surface area contributed by atoms with Crippen LogP contribution in [-0.4, -0.2) is 34.7 Å². The Labute approximate surface area is 112 Å². The molecule has 0 spiro atoms. The highest BCUT2D eigenvalue weighted by Gasteiger charge is 2.19. The molecule has 0 unspecified atom stereocenters. The smallest absolute Gasteiger partial charge is 0.272 e. The van der Waals surface area contributed by atoms with Crippen LogP contribution in [0.25, 0.3) is 0 Å². The van der Waals surface area contributed by atoms with Crippen molar-refractivity contribution in [2.75, 3.05) is 18.8 Å². The molecule has 0 atom stereocenters. The van der Waals surface area contributed by atoms with Gasteiger partial charge in [0.2, 0.25) is 5.91 Å². The summed E-state index contributed by atoms with van der Waals surface area (Å²) in [4.78, 5) is 23.4. The van der Waals surface area contributed by atoms with Gasteiger partial charge in [0.1, 0.15) is 5.69 Å². The Balaban J connectivity index is 2.64. The van der Waals surface area contributed by atoms with E-state index in [0.29, 0.717) is 30.0 Å². The van der Waals surface area contributed by atoms with E-state index in [4.69, 9.17) is 5.73 Å². The first kappa shape index (κ1) is 15.0. The normalized spacial score (nSPS) is 10.3. The zero-order valence-electron chi connectivity index (χ0n) is 11.6. The summed E-state index contributed by atoms with van der Waals surface area (Å²) in [5.41, 5.74) is 7.20. The second-order valence-corrected chi connectivity index (χ2v) is 4.22. The third-order valence-corrected chi connectivity index (χ3v) is 2.69. The van der Waals surface area contributed by atoms with Gasteiger partial charge in [-0.25, -0.2) is 0 Å². The van der Waals surface area contributed by atoms with Crippen molar-refractivity contribution in [1.82, 2.24) is 20.4 Å². The summed E-state index contributed by atoms with van der Waals surface area (Å²) in [7, 11) is 1.65. The molecule has 1 heterocycles. The van der Waals surface area contributed by atoms with Gasteiger partial charge in [0, 0.05) is 13.6 Å². The maximum Gasteiger partial charge on any atom is 0.272 e. The molecule has 19 heavy (non-hydrogen) atoms. The van der Waals surface area contributed by atoms with Crippen LogP contribution in [0.5, 0.6) is 0 Å². The Kier molecular flexibility index (Phi) is 5.35. The monoisotopic (exact) mass is 267 g/mol. The van der Waals surface area contributed by atoms with Crippen LogP contribution in [0.4, 0.5) is 5.69 Å². The molecule has 7 nitrogen and oxygen atoms in total. The summed E-state index contributed by atoms with van der Waals surface area (Å²) < 4.78 is 1.44. The van der Waals surface area contributed by atoms with E-state index in [1.165, 1.54) is 4.68 Å². The van der Waals surface area contributed by atoms with Crippen LogP contribution in [0.15, 0.2) is 0 Å². The first-order chi connectivity index (χ1) is 9.01. The number of nitrogen functional groups attached to an aromatic ring is 1. The molecule has 0 aliphatic carbocycles. The van der Waals surface area contributed by atoms with Crippen molar-refractivity contribution < 1.29 is 9.59 Å². The van der Waals surface area contributed by atoms with Crippen molar-refractivity contribution in [3.05, 3.63) is 11.4 Å². The van der Waals surface area contributed by atoms with Crippen molar-refractivity contribution in [3.63, 3.8) is 0 Å². The Bertz CT molecular complexity index is 467. The molecule has 0 aromatic carbocycles. The minimum atomic E-state index is -0.390. The molecule has 0 aliphatic rings. The van der Waals surface area contributed by atoms with E-state index in [9.17, 15) is 9.59 Å². The molecule has 7 heteroatoms. The third-order valence-electron chi connectivity index (χ3n) is 2.69. The fourth-order valence-corrected chi connectivity index (χ4v) is 1.70. The maximum absolute atomic E-state index is 12.0. The van der Waals surface area contributed by atoms with E-state index >= 15 is 0 Å². The molecule has 4 N–H and O–H groups in total. The molecule has 0 fully saturated rings. The van der Waals surface area contributed by atoms with Gasteiger partial charge >= 0.3 is 0 Å². The van der Waals surface area contributed by atoms with Crippen LogP contribution in [0, 0.1) is 0 Å². The topological polar surface area (TPSA) is 102 Å². The van der Waals surface area contributed by atoms with E-state index in [-0.39, 0.29) is 18.4 Å². The van der Waals surface area contributed by atoms with Crippen LogP contribution in [0.3, 0.4) is 0 Å². The molecule has 2 amide bonds. The number of carbonyl (C=O) groups is 2. The summed E-state index contributed by atoms with van der Waals surface area (Å²) in [6.07, 6.45) is 1.51. The standard InChI is InChI=1S/C12H21N5O2/c1-4-6-14-9(18)7-15-12(19)11-10(13)8(5-2)16-17(11)3/h4-7,13H2,1-3H3,(H,14,18)(H,15,19). The van der Waals surface area contributed by atoms with Crippen LogP contribution >= 0.6 is 0 Å². The maximum atomic E-state index is 12.0. The minimum Gasteiger partial charge on any atom is -0.395 e. The summed E-state index contributed by atoms with van der Waals surface area (Å²) in [5.74, 6) is -0.606. The number of nitrogens with zero attached hydrogens (tertiary/aromatic N) is 2. The van der Waals surface area contributed by atoms with Crippen molar-refractivity contribution in [3.8, 4) is 0 Å². The average molecular weight is 267 g/mol. The molecule has 0 aliphatic heterocycles. The van der Waals surface area contributed by atoms with Gasteiger partial charge in [0.15, 0.2) is 0 Å². The van der Waals surface area contributed by atoms with Crippen molar-refractivity contribution >= 4 is 17.5 Å². The largest absolute Gasteiger partial charge is 0.395 e. The molecular weight excluding hydrogens is 246 g/mol. The van der Waals surface area contributed by atoms with Crippen molar-refractivity contribution in [2.45, 2.75) is 26.7 Å². The Morgan fingerprint density at radius 3 is 2.53 bits per heavy atom. The number of rotatable bonds is 6. The van der Waals surface area contributed by atoms with Gasteiger partial charge in [-0.15, -0.1) is 0 Å². The van der Waals surface area contributed by atoms with Crippen LogP contribution in [0.1, 0.15) is 36.5 Å². The van der Waals surface area contributed by atoms with Gasteiger partial charge in [-0.2, -0.15) is 5.10 Å². The number of anilines is 1. The summed E-state index contributed by atoms with van der Waals surface area (Å²) in [6.45, 7) is 4.41. The zero-order valence-corrected chi connectivity index (χ0v) is 11.6. The van der Waals surface area contributed by atoms with E-state index < -0.39 is 0 Å². The fraction of sp³-hybridized carbons (Fsp3) is 0.583. The average Bonchev–Trinajstić information content (AvgIpc) is 2.68. The SMILES string of the molecule is CCCNC(=O)CNC(=O)c1c(N)c(CC)nn1C. The molecule has 1 aromatic rings. The Morgan fingerprint density at radius 2 is 2.00 bits per heavy atom. The second-order valence-electron chi connectivity index (χ2n) is 4.22. The second kappa shape index (κ2) is 6.77. The van der Waals surface area contributed by atoms with Gasteiger partial charge in [0.25, 0.3) is 5.91 Å². The third kappa shape index (κ3) is 3.70. The van der Waals surface area contributed by atoms with Crippen LogP contribution < -0.4 is 16.4 Å². The van der Waals surface area contributed by atoms with Crippen LogP contribution in [-0.2, 0) is 18.3 Å². The lowest BCUT2D eigenvalue weighted by Crippen LogP contribution is -2.38. The van der Waals surface area contributed by atoms with Crippen molar-refractivity contribution in [2.24, 2.45) is 7.05 Å². The fourth-order valence-electron chi connectivity index (χ4n) is 1.70. The van der Waals surface area contributed by atoms with Gasteiger partial charge in [-0.05, 0) is 12.8 Å². The molecule has 0 saturated heterocycles. The lowest BCUT2D eigenvalue weighted by atomic mass is 10.2. The van der Waals surface area contributed by atoms with Crippen molar-refractivity contribution in [1.29, 1.82) is 0 Å². The number of aryl methyl sites for hydroxylation is 2. The number of amides is 2. The highest BCUT2D eigenvalue weighted by atomic mass is 16.2. The highest BCUT2D eigenvalue weighted by Crippen LogP contribution is 2.16. The Morgan fingerprint density at radius 1 is 1.32 bits per heavy atom. The zero-order chi connectivity index (χ0) is 14.4. The Hall–Kier alpha value is -2.05. The molecule has 0 radical (unpaired) electrons. The summed E-state index contributed by atoms with van der Waals surface area (Å²) in [5, 5.41) is 9.37. The van der Waals surface area contributed by atoms with Gasteiger partial charge in [-0.3, -0.25) is 14.3 Å². The molecule has 1 rings (SSSR count). The van der Waals surface area contributed by atoms with Gasteiger partial charge in [-0.1, -0.05) is 13.8 Å². The van der Waals surface area contributed by atoms with Gasteiger partial charge in [0.05, 0.1) is 17.9 Å². The number of hydrogen-bond donors (Lipinski definition) is 3. The summed E-state index contributed by atoms with van der Waals surface area (Å²) in [6, 6.07) is 0. The van der Waals surface area contributed by atoms with Gasteiger partial charge < -0.3 is 16.4 Å². The first-order valence-electron chi connectivity index (χ1n) is 6.37. The molecule has 0 bridgehead atoms. The summed E-state index contributed by atoms with van der Waals surface area (Å²) >= 11 is 0. The predicted molar refractivity (Wildman–Crippen MR) is 72.6 cm³/mol. The number of hydrogen-bond acceptors (Lipinski definition) is 4. The number of aromatic nitrogens is 2. The lowest BCUT2D eigenvalue weighted by molar-refractivity contribution is -0.120. The predicted octanol–water partition coefficient (Wildman–Crippen LogP) is -0.179. The number of nitrogens with one attached hydrogen (secondary N) is 2. The number of nitrogens with two attached hydrogens (primary N) is 1. The lowest BCUT2D eigenvalue weighted by Gasteiger charge is -2.06. The molecule has 106 valence electrons. The molecule has 1 aromatic heterocycles. The van der Waals surface area contributed by atoms with E-state index in [0.717, 1.165) is 6.42 Å². The molecular formula is C12H21N5O2. The van der Waals surface area contributed by atoms with Crippen LogP contribution in [0.2, 0.25) is 0 Å².